The van der Waals surface area contributed by atoms with Crippen molar-refractivity contribution in [2.24, 2.45) is 0 Å². The number of para-hydroxylation sites is 4. The lowest BCUT2D eigenvalue weighted by Crippen LogP contribution is -2.63. The molecule has 1 spiro atoms. The molecule has 0 radical (unpaired) electrons. The van der Waals surface area contributed by atoms with E-state index < -0.39 is 5.66 Å². The summed E-state index contributed by atoms with van der Waals surface area (Å²) in [6.07, 6.45) is 0. The van der Waals surface area contributed by atoms with Crippen molar-refractivity contribution in [1.82, 2.24) is 0 Å². The number of methoxy groups -OCH3 is 1. The van der Waals surface area contributed by atoms with Gasteiger partial charge < -0.3 is 15.0 Å². The first-order valence-electron chi connectivity index (χ1n) is 11.7. The van der Waals surface area contributed by atoms with Crippen LogP contribution in [0.3, 0.4) is 0 Å². The third-order valence-electron chi connectivity index (χ3n) is 6.85. The zero-order valence-electron chi connectivity index (χ0n) is 19.7. The van der Waals surface area contributed by atoms with Gasteiger partial charge in [-0.2, -0.15) is 0 Å². The summed E-state index contributed by atoms with van der Waals surface area (Å²) < 4.78 is 5.63. The summed E-state index contributed by atoms with van der Waals surface area (Å²) >= 11 is 13.0. The Kier molecular flexibility index (Phi) is 5.59. The van der Waals surface area contributed by atoms with Gasteiger partial charge in [-0.3, -0.25) is 14.5 Å². The van der Waals surface area contributed by atoms with Crippen LogP contribution in [0.1, 0.15) is 21.5 Å². The molecule has 0 fully saturated rings. The molecule has 0 saturated heterocycles. The number of carbonyl (C=O) groups excluding carboxylic acids is 2. The zero-order chi connectivity index (χ0) is 25.7. The summed E-state index contributed by atoms with van der Waals surface area (Å²) in [7, 11) is 1.54. The fraction of sp³-hybridized carbons (Fsp3) is 0.103. The molecule has 6 rings (SSSR count). The van der Waals surface area contributed by atoms with Crippen LogP contribution in [0.5, 0.6) is 5.75 Å². The number of rotatable bonds is 4. The molecule has 0 unspecified atom stereocenters. The second-order valence-corrected chi connectivity index (χ2v) is 9.62. The van der Waals surface area contributed by atoms with Crippen LogP contribution in [-0.2, 0) is 17.0 Å². The van der Waals surface area contributed by atoms with Crippen molar-refractivity contribution in [3.8, 4) is 5.75 Å². The highest BCUT2D eigenvalue weighted by Crippen LogP contribution is 2.51. The molecule has 4 aromatic rings. The maximum atomic E-state index is 14.6. The standard InChI is InChI=1S/C29H21Cl2N3O3/c1-37-26-16-7-6-15-25(26)34-27(35)18-9-2-4-13-23(18)32-29(34)20-10-3-5-14-24(20)33(28(29)36)17-19-21(30)11-8-12-22(19)31/h2-16,32H,17H2,1H3/t29-/m0/s1. The van der Waals surface area contributed by atoms with Gasteiger partial charge in [0, 0.05) is 26.9 Å². The number of benzene rings is 4. The van der Waals surface area contributed by atoms with Gasteiger partial charge in [-0.1, -0.05) is 71.7 Å². The minimum atomic E-state index is -1.57. The van der Waals surface area contributed by atoms with Crippen LogP contribution < -0.4 is 19.9 Å². The number of hydrogen-bond donors (Lipinski definition) is 1. The van der Waals surface area contributed by atoms with Gasteiger partial charge in [0.25, 0.3) is 11.8 Å². The lowest BCUT2D eigenvalue weighted by molar-refractivity contribution is -0.122. The van der Waals surface area contributed by atoms with E-state index in [1.807, 2.05) is 42.5 Å². The molecule has 37 heavy (non-hydrogen) atoms. The van der Waals surface area contributed by atoms with Crippen molar-refractivity contribution in [2.75, 3.05) is 22.2 Å². The lowest BCUT2D eigenvalue weighted by Gasteiger charge is -2.45. The van der Waals surface area contributed by atoms with Crippen LogP contribution in [0.2, 0.25) is 10.0 Å². The van der Waals surface area contributed by atoms with Gasteiger partial charge in [0.1, 0.15) is 5.75 Å². The van der Waals surface area contributed by atoms with E-state index in [1.165, 1.54) is 12.0 Å². The number of ether oxygens (including phenoxy) is 1. The van der Waals surface area contributed by atoms with E-state index in [-0.39, 0.29) is 18.4 Å². The van der Waals surface area contributed by atoms with E-state index in [0.29, 0.717) is 49.5 Å². The van der Waals surface area contributed by atoms with Gasteiger partial charge in [0.2, 0.25) is 5.66 Å². The summed E-state index contributed by atoms with van der Waals surface area (Å²) in [4.78, 5) is 32.0. The Hall–Kier alpha value is -4.00. The smallest absolute Gasteiger partial charge is 0.279 e. The maximum absolute atomic E-state index is 14.6. The molecular formula is C29H21Cl2N3O3. The number of anilines is 3. The molecule has 2 heterocycles. The van der Waals surface area contributed by atoms with Crippen molar-refractivity contribution >= 4 is 52.1 Å². The number of halogens is 2. The third kappa shape index (κ3) is 3.40. The van der Waals surface area contributed by atoms with E-state index in [1.54, 1.807) is 53.4 Å². The number of carbonyl (C=O) groups is 2. The highest BCUT2D eigenvalue weighted by atomic mass is 35.5. The van der Waals surface area contributed by atoms with Crippen LogP contribution >= 0.6 is 23.2 Å². The van der Waals surface area contributed by atoms with Crippen molar-refractivity contribution in [3.05, 3.63) is 118 Å². The zero-order valence-corrected chi connectivity index (χ0v) is 21.3. The van der Waals surface area contributed by atoms with Crippen LogP contribution in [-0.4, -0.2) is 18.9 Å². The van der Waals surface area contributed by atoms with E-state index in [9.17, 15) is 9.59 Å². The summed E-state index contributed by atoms with van der Waals surface area (Å²) in [5, 5.41) is 4.36. The van der Waals surface area contributed by atoms with E-state index in [2.05, 4.69) is 5.32 Å². The fourth-order valence-corrected chi connectivity index (χ4v) is 5.69. The first kappa shape index (κ1) is 23.4. The van der Waals surface area contributed by atoms with Crippen molar-refractivity contribution in [1.29, 1.82) is 0 Å². The molecular weight excluding hydrogens is 509 g/mol. The molecule has 1 atom stereocenters. The molecule has 6 nitrogen and oxygen atoms in total. The van der Waals surface area contributed by atoms with Gasteiger partial charge in [0.05, 0.1) is 30.6 Å². The van der Waals surface area contributed by atoms with Gasteiger partial charge in [-0.25, -0.2) is 0 Å². The quantitative estimate of drug-likeness (QED) is 0.329. The van der Waals surface area contributed by atoms with Crippen LogP contribution in [0.4, 0.5) is 17.1 Å². The molecule has 0 aromatic heterocycles. The van der Waals surface area contributed by atoms with Gasteiger partial charge in [0.15, 0.2) is 0 Å². The summed E-state index contributed by atoms with van der Waals surface area (Å²) in [5.74, 6) is -0.188. The molecule has 2 aliphatic heterocycles. The normalized spacial score (nSPS) is 18.0. The first-order valence-corrected chi connectivity index (χ1v) is 12.4. The Balaban J connectivity index is 1.61. The maximum Gasteiger partial charge on any atom is 0.279 e. The first-order chi connectivity index (χ1) is 18.0. The number of nitrogens with zero attached hydrogens (tertiary/aromatic N) is 2. The molecule has 2 aliphatic rings. The summed E-state index contributed by atoms with van der Waals surface area (Å²) in [6, 6.07) is 27.0. The Labute approximate surface area is 224 Å². The van der Waals surface area contributed by atoms with Gasteiger partial charge >= 0.3 is 0 Å². The minimum Gasteiger partial charge on any atom is -0.495 e. The Morgan fingerprint density at radius 3 is 2.22 bits per heavy atom. The monoisotopic (exact) mass is 529 g/mol. The van der Waals surface area contributed by atoms with Gasteiger partial charge in [-0.05, 0) is 42.5 Å². The highest BCUT2D eigenvalue weighted by Gasteiger charge is 2.60. The molecule has 0 saturated carbocycles. The van der Waals surface area contributed by atoms with Crippen molar-refractivity contribution in [2.45, 2.75) is 12.2 Å². The Morgan fingerprint density at radius 1 is 0.811 bits per heavy atom. The van der Waals surface area contributed by atoms with Gasteiger partial charge in [-0.15, -0.1) is 0 Å². The summed E-state index contributed by atoms with van der Waals surface area (Å²) in [5.41, 5.74) is 1.84. The average Bonchev–Trinajstić information content (AvgIpc) is 3.14. The van der Waals surface area contributed by atoms with Crippen LogP contribution in [0, 0.1) is 0 Å². The summed E-state index contributed by atoms with van der Waals surface area (Å²) in [6.45, 7) is 0.132. The highest BCUT2D eigenvalue weighted by molar-refractivity contribution is 6.36. The predicted molar refractivity (Wildman–Crippen MR) is 146 cm³/mol. The number of fused-ring (bicyclic) bond motifs is 3. The fourth-order valence-electron chi connectivity index (χ4n) is 5.18. The molecule has 4 aromatic carbocycles. The van der Waals surface area contributed by atoms with Crippen LogP contribution in [0.25, 0.3) is 0 Å². The van der Waals surface area contributed by atoms with Crippen molar-refractivity contribution in [3.63, 3.8) is 0 Å². The van der Waals surface area contributed by atoms with Crippen molar-refractivity contribution < 1.29 is 14.3 Å². The van der Waals surface area contributed by atoms with E-state index >= 15 is 0 Å². The number of nitrogens with one attached hydrogen (secondary N) is 1. The predicted octanol–water partition coefficient (Wildman–Crippen LogP) is 6.47. The molecule has 0 bridgehead atoms. The third-order valence-corrected chi connectivity index (χ3v) is 7.56. The largest absolute Gasteiger partial charge is 0.495 e. The van der Waals surface area contributed by atoms with Crippen LogP contribution in [0.15, 0.2) is 91.0 Å². The Morgan fingerprint density at radius 2 is 1.46 bits per heavy atom. The molecule has 1 N–H and O–H groups in total. The molecule has 184 valence electrons. The average molecular weight is 530 g/mol. The molecule has 2 amide bonds. The SMILES string of the molecule is COc1ccccc1N1C(=O)c2ccccc2N[C@]12C(=O)N(Cc1c(Cl)cccc1Cl)c1ccccc12. The topological polar surface area (TPSA) is 61.9 Å². The number of amides is 2. The lowest BCUT2D eigenvalue weighted by atomic mass is 9.92. The minimum absolute atomic E-state index is 0.132. The van der Waals surface area contributed by atoms with E-state index in [0.717, 1.165) is 0 Å². The second kappa shape index (κ2) is 8.83. The molecule has 8 heteroatoms. The molecule has 0 aliphatic carbocycles. The number of hydrogen-bond acceptors (Lipinski definition) is 4. The Bertz CT molecular complexity index is 1550. The van der Waals surface area contributed by atoms with E-state index in [4.69, 9.17) is 27.9 Å². The second-order valence-electron chi connectivity index (χ2n) is 8.80.